The van der Waals surface area contributed by atoms with Crippen LogP contribution < -0.4 is 5.32 Å². The molecule has 0 saturated heterocycles. The molecule has 2 aromatic rings. The molecule has 0 heterocycles. The second-order valence-electron chi connectivity index (χ2n) is 6.50. The van der Waals surface area contributed by atoms with Gasteiger partial charge in [-0.2, -0.15) is 13.2 Å². The number of rotatable bonds is 6. The van der Waals surface area contributed by atoms with Crippen LogP contribution in [0.15, 0.2) is 48.5 Å². The topological polar surface area (TPSA) is 75.6 Å². The molecule has 0 saturated carbocycles. The molecule has 5 nitrogen and oxygen atoms in total. The van der Waals surface area contributed by atoms with E-state index in [1.54, 1.807) is 5.32 Å². The predicted molar refractivity (Wildman–Crippen MR) is 94.9 cm³/mol. The zero-order chi connectivity index (χ0) is 20.3. The zero-order valence-corrected chi connectivity index (χ0v) is 14.7. The van der Waals surface area contributed by atoms with Gasteiger partial charge >= 0.3 is 18.2 Å². The second-order valence-corrected chi connectivity index (χ2v) is 6.50. The molecule has 0 radical (unpaired) electrons. The van der Waals surface area contributed by atoms with Crippen LogP contribution in [0.3, 0.4) is 0 Å². The quantitative estimate of drug-likeness (QED) is 0.766. The molecule has 0 aliphatic heterocycles. The lowest BCUT2D eigenvalue weighted by atomic mass is 9.98. The number of carbonyl (C=O) groups excluding carboxylic acids is 1. The fraction of sp³-hybridized carbons (Fsp3) is 0.300. The molecule has 2 aromatic carbocycles. The molecule has 8 heteroatoms. The number of carboxylic acid groups (broad SMARTS) is 1. The van der Waals surface area contributed by atoms with Gasteiger partial charge in [-0.15, -0.1) is 0 Å². The summed E-state index contributed by atoms with van der Waals surface area (Å²) < 4.78 is 44.1. The number of hydrogen-bond acceptors (Lipinski definition) is 3. The summed E-state index contributed by atoms with van der Waals surface area (Å²) in [7, 11) is 0. The first-order chi connectivity index (χ1) is 13.3. The molecule has 28 heavy (non-hydrogen) atoms. The molecular formula is C20H18F3NO4. The first kappa shape index (κ1) is 19.7. The Hall–Kier alpha value is -3.03. The first-order valence-corrected chi connectivity index (χ1v) is 8.67. The van der Waals surface area contributed by atoms with E-state index >= 15 is 0 Å². The zero-order valence-electron chi connectivity index (χ0n) is 14.7. The third-order valence-electron chi connectivity index (χ3n) is 4.68. The van der Waals surface area contributed by atoms with Crippen molar-refractivity contribution in [3.63, 3.8) is 0 Å². The Bertz CT molecular complexity index is 836. The predicted octanol–water partition coefficient (Wildman–Crippen LogP) is 4.32. The maximum Gasteiger partial charge on any atom is 0.408 e. The van der Waals surface area contributed by atoms with Crippen molar-refractivity contribution in [2.45, 2.75) is 31.0 Å². The van der Waals surface area contributed by atoms with Crippen molar-refractivity contribution in [2.24, 2.45) is 0 Å². The Balaban J connectivity index is 1.68. The SMILES string of the molecule is O=C(O)CC[C@H](NC(=O)OCC1c2ccccc2-c2ccccc21)C(F)(F)F. The van der Waals surface area contributed by atoms with Gasteiger partial charge in [-0.25, -0.2) is 4.79 Å². The molecule has 0 aromatic heterocycles. The Morgan fingerprint density at radius 2 is 1.57 bits per heavy atom. The van der Waals surface area contributed by atoms with E-state index in [1.165, 1.54) is 0 Å². The van der Waals surface area contributed by atoms with Crippen molar-refractivity contribution in [1.82, 2.24) is 5.32 Å². The van der Waals surface area contributed by atoms with Crippen LogP contribution in [0.5, 0.6) is 0 Å². The summed E-state index contributed by atoms with van der Waals surface area (Å²) >= 11 is 0. The summed E-state index contributed by atoms with van der Waals surface area (Å²) in [5.41, 5.74) is 3.88. The van der Waals surface area contributed by atoms with Crippen molar-refractivity contribution in [1.29, 1.82) is 0 Å². The molecule has 0 fully saturated rings. The van der Waals surface area contributed by atoms with Crippen LogP contribution >= 0.6 is 0 Å². The Kier molecular flexibility index (Phi) is 5.58. The molecule has 0 bridgehead atoms. The summed E-state index contributed by atoms with van der Waals surface area (Å²) in [5.74, 6) is -1.65. The smallest absolute Gasteiger partial charge is 0.408 e. The van der Waals surface area contributed by atoms with E-state index in [9.17, 15) is 22.8 Å². The number of benzene rings is 2. The summed E-state index contributed by atoms with van der Waals surface area (Å²) in [6.45, 7) is -0.122. The molecule has 1 aliphatic carbocycles. The normalized spacial score (nSPS) is 14.1. The van der Waals surface area contributed by atoms with Crippen LogP contribution in [-0.2, 0) is 9.53 Å². The van der Waals surface area contributed by atoms with E-state index in [0.29, 0.717) is 0 Å². The van der Waals surface area contributed by atoms with E-state index < -0.39 is 37.1 Å². The minimum atomic E-state index is -4.76. The first-order valence-electron chi connectivity index (χ1n) is 8.67. The van der Waals surface area contributed by atoms with Crippen molar-refractivity contribution < 1.29 is 32.6 Å². The number of carbonyl (C=O) groups is 2. The van der Waals surface area contributed by atoms with Gasteiger partial charge in [-0.1, -0.05) is 48.5 Å². The number of aliphatic carboxylic acids is 1. The van der Waals surface area contributed by atoms with Gasteiger partial charge in [0.2, 0.25) is 0 Å². The standard InChI is InChI=1S/C20H18F3NO4/c21-20(22,23)17(9-10-18(25)26)24-19(27)28-11-16-14-7-3-1-5-12(14)13-6-2-4-8-15(13)16/h1-8,16-17H,9-11H2,(H,24,27)(H,25,26)/t17-/m0/s1. The van der Waals surface area contributed by atoms with Crippen LogP contribution in [0.1, 0.15) is 29.9 Å². The monoisotopic (exact) mass is 393 g/mol. The average molecular weight is 393 g/mol. The van der Waals surface area contributed by atoms with E-state index in [0.717, 1.165) is 22.3 Å². The highest BCUT2D eigenvalue weighted by molar-refractivity contribution is 5.79. The number of halogens is 3. The lowest BCUT2D eigenvalue weighted by Gasteiger charge is -2.21. The number of carboxylic acids is 1. The van der Waals surface area contributed by atoms with Crippen LogP contribution in [0.4, 0.5) is 18.0 Å². The van der Waals surface area contributed by atoms with Crippen LogP contribution in [0.2, 0.25) is 0 Å². The van der Waals surface area contributed by atoms with Crippen LogP contribution in [0.25, 0.3) is 11.1 Å². The van der Waals surface area contributed by atoms with Crippen molar-refractivity contribution in [3.05, 3.63) is 59.7 Å². The Morgan fingerprint density at radius 1 is 1.04 bits per heavy atom. The van der Waals surface area contributed by atoms with E-state index in [1.807, 2.05) is 48.5 Å². The number of alkyl carbamates (subject to hydrolysis) is 1. The van der Waals surface area contributed by atoms with Crippen molar-refractivity contribution in [2.75, 3.05) is 6.61 Å². The van der Waals surface area contributed by atoms with Gasteiger partial charge in [-0.05, 0) is 28.7 Å². The lowest BCUT2D eigenvalue weighted by molar-refractivity contribution is -0.158. The fourth-order valence-electron chi connectivity index (χ4n) is 3.37. The molecule has 1 atom stereocenters. The molecule has 1 aliphatic rings. The Morgan fingerprint density at radius 3 is 2.07 bits per heavy atom. The molecule has 1 amide bonds. The van der Waals surface area contributed by atoms with Gasteiger partial charge in [0, 0.05) is 12.3 Å². The molecule has 2 N–H and O–H groups in total. The molecule has 148 valence electrons. The van der Waals surface area contributed by atoms with Crippen molar-refractivity contribution in [3.8, 4) is 11.1 Å². The van der Waals surface area contributed by atoms with Gasteiger partial charge in [0.1, 0.15) is 12.6 Å². The van der Waals surface area contributed by atoms with Gasteiger partial charge in [0.25, 0.3) is 0 Å². The lowest BCUT2D eigenvalue weighted by Crippen LogP contribution is -2.46. The van der Waals surface area contributed by atoms with Gasteiger partial charge < -0.3 is 15.2 Å². The highest BCUT2D eigenvalue weighted by Crippen LogP contribution is 2.44. The van der Waals surface area contributed by atoms with Gasteiger partial charge in [-0.3, -0.25) is 4.79 Å². The van der Waals surface area contributed by atoms with E-state index in [4.69, 9.17) is 9.84 Å². The number of nitrogens with one attached hydrogen (secondary N) is 1. The summed E-state index contributed by atoms with van der Waals surface area (Å²) in [4.78, 5) is 22.5. The van der Waals surface area contributed by atoms with Crippen LogP contribution in [-0.4, -0.2) is 36.0 Å². The number of hydrogen-bond donors (Lipinski definition) is 2. The molecule has 3 rings (SSSR count). The minimum absolute atomic E-state index is 0.122. The van der Waals surface area contributed by atoms with E-state index in [2.05, 4.69) is 0 Å². The largest absolute Gasteiger partial charge is 0.481 e. The third-order valence-corrected chi connectivity index (χ3v) is 4.68. The summed E-state index contributed by atoms with van der Waals surface area (Å²) in [6, 6.07) is 12.9. The summed E-state index contributed by atoms with van der Waals surface area (Å²) in [5, 5.41) is 10.3. The minimum Gasteiger partial charge on any atom is -0.481 e. The number of amides is 1. The van der Waals surface area contributed by atoms with Gasteiger partial charge in [0.05, 0.1) is 0 Å². The fourth-order valence-corrected chi connectivity index (χ4v) is 3.37. The molecule has 0 spiro atoms. The van der Waals surface area contributed by atoms with Crippen molar-refractivity contribution >= 4 is 12.1 Å². The highest BCUT2D eigenvalue weighted by atomic mass is 19.4. The van der Waals surface area contributed by atoms with Crippen LogP contribution in [0, 0.1) is 0 Å². The second kappa shape index (κ2) is 7.92. The highest BCUT2D eigenvalue weighted by Gasteiger charge is 2.41. The summed E-state index contributed by atoms with van der Waals surface area (Å²) in [6.07, 6.45) is -7.47. The Labute approximate surface area is 159 Å². The number of alkyl halides is 3. The maximum absolute atomic E-state index is 13.0. The average Bonchev–Trinajstić information content (AvgIpc) is 2.96. The van der Waals surface area contributed by atoms with E-state index in [-0.39, 0.29) is 12.5 Å². The number of fused-ring (bicyclic) bond motifs is 3. The third kappa shape index (κ3) is 4.27. The number of ether oxygens (including phenoxy) is 1. The van der Waals surface area contributed by atoms with Gasteiger partial charge in [0.15, 0.2) is 0 Å². The maximum atomic E-state index is 13.0. The molecule has 0 unspecified atom stereocenters. The molecular weight excluding hydrogens is 375 g/mol.